The molecule has 1 N–H and O–H groups in total. The molecular weight excluding hydrogens is 318 g/mol. The summed E-state index contributed by atoms with van der Waals surface area (Å²) in [6.07, 6.45) is 9.88. The van der Waals surface area contributed by atoms with Crippen LogP contribution in [0.25, 0.3) is 0 Å². The first-order valence-corrected chi connectivity index (χ1v) is 9.68. The van der Waals surface area contributed by atoms with Gasteiger partial charge in [0, 0.05) is 6.04 Å². The van der Waals surface area contributed by atoms with Gasteiger partial charge in [-0.3, -0.25) is 4.90 Å². The zero-order valence-electron chi connectivity index (χ0n) is 15.3. The van der Waals surface area contributed by atoms with Crippen LogP contribution in [0.15, 0.2) is 24.3 Å². The number of benzene rings is 1. The molecule has 0 radical (unpaired) electrons. The molecule has 0 aromatic heterocycles. The maximum Gasteiger partial charge on any atom is 0.115 e. The summed E-state index contributed by atoms with van der Waals surface area (Å²) in [5, 5.41) is 9.88. The summed E-state index contributed by atoms with van der Waals surface area (Å²) in [6.45, 7) is 7.20. The number of piperidine rings is 1. The van der Waals surface area contributed by atoms with Crippen LogP contribution in [0.1, 0.15) is 70.4 Å². The third-order valence-electron chi connectivity index (χ3n) is 6.40. The van der Waals surface area contributed by atoms with Gasteiger partial charge in [0.2, 0.25) is 0 Å². The van der Waals surface area contributed by atoms with E-state index in [0.717, 1.165) is 11.8 Å². The van der Waals surface area contributed by atoms with Crippen LogP contribution in [-0.2, 0) is 0 Å². The molecule has 1 aliphatic heterocycles. The minimum Gasteiger partial charge on any atom is -0.508 e. The van der Waals surface area contributed by atoms with Crippen LogP contribution in [0, 0.1) is 17.8 Å². The van der Waals surface area contributed by atoms with Crippen molar-refractivity contribution in [2.24, 2.45) is 17.8 Å². The van der Waals surface area contributed by atoms with Gasteiger partial charge in [-0.1, -0.05) is 51.7 Å². The molecule has 24 heavy (non-hydrogen) atoms. The number of likely N-dealkylation sites (tertiary alicyclic amines) is 1. The molecule has 2 aliphatic rings. The molecule has 1 aromatic carbocycles. The van der Waals surface area contributed by atoms with E-state index in [9.17, 15) is 5.11 Å². The summed E-state index contributed by atoms with van der Waals surface area (Å²) < 4.78 is 0. The van der Waals surface area contributed by atoms with Crippen LogP contribution in [0.4, 0.5) is 0 Å². The van der Waals surface area contributed by atoms with E-state index in [1.165, 1.54) is 63.6 Å². The Hall–Kier alpha value is -0.730. The highest BCUT2D eigenvalue weighted by molar-refractivity contribution is 5.85. The van der Waals surface area contributed by atoms with Crippen molar-refractivity contribution in [3.8, 4) is 5.75 Å². The number of hydrogen-bond acceptors (Lipinski definition) is 2. The van der Waals surface area contributed by atoms with Crippen LogP contribution >= 0.6 is 12.4 Å². The Labute approximate surface area is 154 Å². The van der Waals surface area contributed by atoms with Gasteiger partial charge in [0.05, 0.1) is 0 Å². The lowest BCUT2D eigenvalue weighted by atomic mass is 9.79. The molecule has 0 bridgehead atoms. The van der Waals surface area contributed by atoms with E-state index in [1.54, 1.807) is 6.07 Å². The Balaban J connectivity index is 0.00000208. The minimum atomic E-state index is 0. The Morgan fingerprint density at radius 2 is 1.88 bits per heavy atom. The number of phenols is 1. The molecule has 1 saturated heterocycles. The molecule has 3 atom stereocenters. The van der Waals surface area contributed by atoms with Gasteiger partial charge in [-0.25, -0.2) is 0 Å². The van der Waals surface area contributed by atoms with Crippen molar-refractivity contribution in [1.82, 2.24) is 4.90 Å². The summed E-state index contributed by atoms with van der Waals surface area (Å²) in [4.78, 5) is 2.69. The summed E-state index contributed by atoms with van der Waals surface area (Å²) >= 11 is 0. The first kappa shape index (κ1) is 19.6. The van der Waals surface area contributed by atoms with Crippen molar-refractivity contribution >= 4 is 12.4 Å². The number of hydrogen-bond donors (Lipinski definition) is 1. The van der Waals surface area contributed by atoms with Crippen molar-refractivity contribution in [3.63, 3.8) is 0 Å². The Bertz CT molecular complexity index is 500. The maximum atomic E-state index is 9.88. The van der Waals surface area contributed by atoms with E-state index in [0.29, 0.717) is 17.7 Å². The van der Waals surface area contributed by atoms with Gasteiger partial charge in [0.1, 0.15) is 5.75 Å². The van der Waals surface area contributed by atoms with Crippen LogP contribution in [0.2, 0.25) is 0 Å². The van der Waals surface area contributed by atoms with Gasteiger partial charge in [0.25, 0.3) is 0 Å². The summed E-state index contributed by atoms with van der Waals surface area (Å²) in [7, 11) is 0. The van der Waals surface area contributed by atoms with Gasteiger partial charge in [-0.15, -0.1) is 12.4 Å². The molecule has 3 rings (SSSR count). The second kappa shape index (κ2) is 9.10. The second-order valence-electron chi connectivity index (χ2n) is 7.99. The fourth-order valence-corrected chi connectivity index (χ4v) is 4.77. The average molecular weight is 352 g/mol. The van der Waals surface area contributed by atoms with Gasteiger partial charge in [-0.2, -0.15) is 0 Å². The standard InChI is InChI=1S/C21H33NO.ClH/c1-16-12-14-22(13-6-9-18-7-3-4-8-18)21(17(16)2)19-10-5-11-20(23)15-19;/h5,10-11,15-18,21,23H,3-4,6-9,12-14H2,1-2H3;1H/t16?,17-,21-;/m0./s1. The number of rotatable bonds is 5. The fraction of sp³-hybridized carbons (Fsp3) is 0.714. The molecule has 136 valence electrons. The minimum absolute atomic E-state index is 0. The predicted octanol–water partition coefficient (Wildman–Crippen LogP) is 5.80. The molecule has 1 saturated carbocycles. The lowest BCUT2D eigenvalue weighted by molar-refractivity contribution is 0.0607. The third kappa shape index (κ3) is 4.67. The predicted molar refractivity (Wildman–Crippen MR) is 104 cm³/mol. The molecule has 1 heterocycles. The molecule has 3 heteroatoms. The van der Waals surface area contributed by atoms with Crippen molar-refractivity contribution in [3.05, 3.63) is 29.8 Å². The summed E-state index contributed by atoms with van der Waals surface area (Å²) in [6, 6.07) is 8.42. The van der Waals surface area contributed by atoms with Crippen LogP contribution in [0.5, 0.6) is 5.75 Å². The molecule has 2 fully saturated rings. The van der Waals surface area contributed by atoms with Crippen molar-refractivity contribution < 1.29 is 5.11 Å². The average Bonchev–Trinajstić information content (AvgIpc) is 3.04. The van der Waals surface area contributed by atoms with E-state index >= 15 is 0 Å². The van der Waals surface area contributed by atoms with Crippen LogP contribution < -0.4 is 0 Å². The quantitative estimate of drug-likeness (QED) is 0.724. The fourth-order valence-electron chi connectivity index (χ4n) is 4.77. The van der Waals surface area contributed by atoms with E-state index in [1.807, 2.05) is 12.1 Å². The number of phenolic OH excluding ortho intramolecular Hbond substituents is 1. The normalized spacial score (nSPS) is 28.7. The highest BCUT2D eigenvalue weighted by Gasteiger charge is 2.34. The SMILES string of the molecule is CC1CCN(CCCC2CCCC2)[C@H](c2cccc(O)c2)[C@H]1C.Cl. The highest BCUT2D eigenvalue weighted by Crippen LogP contribution is 2.40. The number of nitrogens with zero attached hydrogens (tertiary/aromatic N) is 1. The lowest BCUT2D eigenvalue weighted by Gasteiger charge is -2.44. The number of halogens is 1. The van der Waals surface area contributed by atoms with Crippen molar-refractivity contribution in [1.29, 1.82) is 0 Å². The first-order valence-electron chi connectivity index (χ1n) is 9.68. The molecule has 1 aromatic rings. The van der Waals surface area contributed by atoms with Crippen molar-refractivity contribution in [2.75, 3.05) is 13.1 Å². The highest BCUT2D eigenvalue weighted by atomic mass is 35.5. The monoisotopic (exact) mass is 351 g/mol. The van der Waals surface area contributed by atoms with Crippen LogP contribution in [0.3, 0.4) is 0 Å². The number of aromatic hydroxyl groups is 1. The van der Waals surface area contributed by atoms with Crippen molar-refractivity contribution in [2.45, 2.75) is 64.8 Å². The molecule has 2 nitrogen and oxygen atoms in total. The molecular formula is C21H34ClNO. The Kier molecular flexibility index (Phi) is 7.43. The topological polar surface area (TPSA) is 23.5 Å². The van der Waals surface area contributed by atoms with Gasteiger partial charge >= 0.3 is 0 Å². The Morgan fingerprint density at radius 3 is 2.58 bits per heavy atom. The van der Waals surface area contributed by atoms with E-state index in [4.69, 9.17) is 0 Å². The van der Waals surface area contributed by atoms with Gasteiger partial charge < -0.3 is 5.11 Å². The third-order valence-corrected chi connectivity index (χ3v) is 6.40. The Morgan fingerprint density at radius 1 is 1.12 bits per heavy atom. The van der Waals surface area contributed by atoms with Gasteiger partial charge in [0.15, 0.2) is 0 Å². The maximum absolute atomic E-state index is 9.88. The zero-order chi connectivity index (χ0) is 16.2. The second-order valence-corrected chi connectivity index (χ2v) is 7.99. The molecule has 0 amide bonds. The molecule has 0 spiro atoms. The van der Waals surface area contributed by atoms with Crippen LogP contribution in [-0.4, -0.2) is 23.1 Å². The molecule has 1 unspecified atom stereocenters. The summed E-state index contributed by atoms with van der Waals surface area (Å²) in [5.74, 6) is 2.81. The smallest absolute Gasteiger partial charge is 0.115 e. The van der Waals surface area contributed by atoms with E-state index < -0.39 is 0 Å². The lowest BCUT2D eigenvalue weighted by Crippen LogP contribution is -2.42. The first-order chi connectivity index (χ1) is 11.1. The largest absolute Gasteiger partial charge is 0.508 e. The zero-order valence-corrected chi connectivity index (χ0v) is 16.1. The van der Waals surface area contributed by atoms with E-state index in [2.05, 4.69) is 24.8 Å². The molecule has 1 aliphatic carbocycles. The van der Waals surface area contributed by atoms with E-state index in [-0.39, 0.29) is 12.4 Å². The van der Waals surface area contributed by atoms with Gasteiger partial charge in [-0.05, 0) is 67.8 Å². The summed E-state index contributed by atoms with van der Waals surface area (Å²) in [5.41, 5.74) is 1.30.